The zero-order valence-electron chi connectivity index (χ0n) is 16.3. The lowest BCUT2D eigenvalue weighted by molar-refractivity contribution is 0.269. The monoisotopic (exact) mass is 391 g/mol. The van der Waals surface area contributed by atoms with Crippen molar-refractivity contribution < 1.29 is 14.6 Å². The van der Waals surface area contributed by atoms with Gasteiger partial charge in [-0.3, -0.25) is 0 Å². The number of halogens is 1. The van der Waals surface area contributed by atoms with Gasteiger partial charge in [-0.2, -0.15) is 0 Å². The van der Waals surface area contributed by atoms with E-state index in [4.69, 9.17) is 26.2 Å². The van der Waals surface area contributed by atoms with E-state index in [1.807, 2.05) is 19.1 Å². The van der Waals surface area contributed by atoms with Crippen molar-refractivity contribution in [3.63, 3.8) is 0 Å². The highest BCUT2D eigenvalue weighted by molar-refractivity contribution is 6.32. The van der Waals surface area contributed by atoms with Gasteiger partial charge in [0.25, 0.3) is 0 Å². The van der Waals surface area contributed by atoms with Crippen LogP contribution in [0.4, 0.5) is 0 Å². The van der Waals surface area contributed by atoms with Crippen molar-refractivity contribution in [2.75, 3.05) is 19.8 Å². The van der Waals surface area contributed by atoms with Crippen LogP contribution in [0, 0.1) is 6.92 Å². The van der Waals surface area contributed by atoms with Gasteiger partial charge in [-0.25, -0.2) is 0 Å². The topological polar surface area (TPSA) is 50.7 Å². The SMILES string of the molecule is CCOc1cc(CNCCCCCO)cc(Cl)c1OCc1ccc(C)cc1. The van der Waals surface area contributed by atoms with Gasteiger partial charge in [0.1, 0.15) is 6.61 Å². The third-order valence-electron chi connectivity index (χ3n) is 4.21. The van der Waals surface area contributed by atoms with E-state index in [1.165, 1.54) is 5.56 Å². The van der Waals surface area contributed by atoms with E-state index in [1.54, 1.807) is 0 Å². The molecule has 0 aromatic heterocycles. The molecule has 5 heteroatoms. The number of aryl methyl sites for hydroxylation is 1. The van der Waals surface area contributed by atoms with Crippen LogP contribution in [0.5, 0.6) is 11.5 Å². The Morgan fingerprint density at radius 1 is 1.00 bits per heavy atom. The van der Waals surface area contributed by atoms with E-state index in [9.17, 15) is 0 Å². The molecule has 2 rings (SSSR count). The average molecular weight is 392 g/mol. The Labute approximate surface area is 167 Å². The van der Waals surface area contributed by atoms with Crippen molar-refractivity contribution in [3.05, 3.63) is 58.1 Å². The molecular weight excluding hydrogens is 362 g/mol. The van der Waals surface area contributed by atoms with Crippen LogP contribution in [0.2, 0.25) is 5.02 Å². The van der Waals surface area contributed by atoms with Crippen molar-refractivity contribution in [3.8, 4) is 11.5 Å². The molecule has 0 saturated heterocycles. The summed E-state index contributed by atoms with van der Waals surface area (Å²) in [5.74, 6) is 1.26. The summed E-state index contributed by atoms with van der Waals surface area (Å²) in [4.78, 5) is 0. The first-order valence-corrected chi connectivity index (χ1v) is 9.97. The Bertz CT molecular complexity index is 689. The normalized spacial score (nSPS) is 10.8. The van der Waals surface area contributed by atoms with Crippen molar-refractivity contribution >= 4 is 11.6 Å². The molecule has 0 spiro atoms. The number of nitrogens with one attached hydrogen (secondary N) is 1. The van der Waals surface area contributed by atoms with Crippen LogP contribution in [0.3, 0.4) is 0 Å². The second-order valence-corrected chi connectivity index (χ2v) is 6.98. The van der Waals surface area contributed by atoms with Gasteiger partial charge in [0.05, 0.1) is 11.6 Å². The molecule has 148 valence electrons. The average Bonchev–Trinajstić information content (AvgIpc) is 2.65. The largest absolute Gasteiger partial charge is 0.490 e. The third-order valence-corrected chi connectivity index (χ3v) is 4.49. The van der Waals surface area contributed by atoms with E-state index >= 15 is 0 Å². The van der Waals surface area contributed by atoms with Crippen molar-refractivity contribution in [2.45, 2.75) is 46.3 Å². The molecule has 2 N–H and O–H groups in total. The first-order valence-electron chi connectivity index (χ1n) is 9.59. The van der Waals surface area contributed by atoms with E-state index < -0.39 is 0 Å². The number of hydrogen-bond acceptors (Lipinski definition) is 4. The third kappa shape index (κ3) is 7.41. The molecule has 0 saturated carbocycles. The highest BCUT2D eigenvalue weighted by Gasteiger charge is 2.13. The van der Waals surface area contributed by atoms with Crippen LogP contribution in [0.25, 0.3) is 0 Å². The number of unbranched alkanes of at least 4 members (excludes halogenated alkanes) is 2. The van der Waals surface area contributed by atoms with Crippen molar-refractivity contribution in [1.29, 1.82) is 0 Å². The standard InChI is InChI=1S/C22H30ClNO3/c1-3-26-21-14-19(15-24-11-5-4-6-12-25)13-20(23)22(21)27-16-18-9-7-17(2)8-10-18/h7-10,13-14,24-25H,3-6,11-12,15-16H2,1-2H3. The summed E-state index contributed by atoms with van der Waals surface area (Å²) >= 11 is 6.48. The lowest BCUT2D eigenvalue weighted by Gasteiger charge is -2.16. The summed E-state index contributed by atoms with van der Waals surface area (Å²) in [5.41, 5.74) is 3.38. The number of aliphatic hydroxyl groups excluding tert-OH is 1. The highest BCUT2D eigenvalue weighted by atomic mass is 35.5. The minimum Gasteiger partial charge on any atom is -0.490 e. The zero-order valence-corrected chi connectivity index (χ0v) is 17.0. The molecule has 0 amide bonds. The predicted octanol–water partition coefficient (Wildman–Crippen LogP) is 4.88. The summed E-state index contributed by atoms with van der Waals surface area (Å²) < 4.78 is 11.7. The molecule has 0 aliphatic carbocycles. The smallest absolute Gasteiger partial charge is 0.180 e. The molecule has 0 atom stereocenters. The summed E-state index contributed by atoms with van der Waals surface area (Å²) in [5, 5.41) is 12.8. The van der Waals surface area contributed by atoms with Crippen LogP contribution >= 0.6 is 11.6 Å². The molecule has 4 nitrogen and oxygen atoms in total. The lowest BCUT2D eigenvalue weighted by atomic mass is 10.1. The number of ether oxygens (including phenoxy) is 2. The second kappa shape index (κ2) is 11.9. The van der Waals surface area contributed by atoms with Gasteiger partial charge in [-0.15, -0.1) is 0 Å². The molecule has 0 unspecified atom stereocenters. The van der Waals surface area contributed by atoms with E-state index in [2.05, 4.69) is 36.5 Å². The van der Waals surface area contributed by atoms with Crippen LogP contribution in [-0.4, -0.2) is 24.9 Å². The van der Waals surface area contributed by atoms with Crippen LogP contribution in [0.15, 0.2) is 36.4 Å². The Hall–Kier alpha value is -1.75. The molecule has 2 aromatic carbocycles. The van der Waals surface area contributed by atoms with Crippen LogP contribution < -0.4 is 14.8 Å². The van der Waals surface area contributed by atoms with E-state index in [0.717, 1.165) is 43.5 Å². The second-order valence-electron chi connectivity index (χ2n) is 6.57. The summed E-state index contributed by atoms with van der Waals surface area (Å²) in [6, 6.07) is 12.2. The fraction of sp³-hybridized carbons (Fsp3) is 0.455. The van der Waals surface area contributed by atoms with Crippen LogP contribution in [0.1, 0.15) is 42.9 Å². The minimum atomic E-state index is 0.261. The van der Waals surface area contributed by atoms with Crippen LogP contribution in [-0.2, 0) is 13.2 Å². The number of hydrogen-bond donors (Lipinski definition) is 2. The minimum absolute atomic E-state index is 0.261. The molecule has 0 bridgehead atoms. The zero-order chi connectivity index (χ0) is 19.5. The molecule has 0 aliphatic heterocycles. The molecular formula is C22H30ClNO3. The fourth-order valence-corrected chi connectivity index (χ4v) is 3.03. The molecule has 2 aromatic rings. The Morgan fingerprint density at radius 3 is 2.48 bits per heavy atom. The lowest BCUT2D eigenvalue weighted by Crippen LogP contribution is -2.15. The Balaban J connectivity index is 1.98. The fourth-order valence-electron chi connectivity index (χ4n) is 2.74. The summed E-state index contributed by atoms with van der Waals surface area (Å²) in [6.07, 6.45) is 2.93. The van der Waals surface area contributed by atoms with E-state index in [0.29, 0.717) is 29.7 Å². The summed E-state index contributed by atoms with van der Waals surface area (Å²) in [7, 11) is 0. The Morgan fingerprint density at radius 2 is 1.78 bits per heavy atom. The quantitative estimate of drug-likeness (QED) is 0.506. The van der Waals surface area contributed by atoms with Crippen molar-refractivity contribution in [1.82, 2.24) is 5.32 Å². The highest BCUT2D eigenvalue weighted by Crippen LogP contribution is 2.37. The maximum Gasteiger partial charge on any atom is 0.180 e. The maximum absolute atomic E-state index is 8.81. The molecule has 0 heterocycles. The number of benzene rings is 2. The van der Waals surface area contributed by atoms with Crippen molar-refractivity contribution in [2.24, 2.45) is 0 Å². The van der Waals surface area contributed by atoms with Gasteiger partial charge in [0, 0.05) is 13.2 Å². The van der Waals surface area contributed by atoms with Gasteiger partial charge in [0.15, 0.2) is 11.5 Å². The van der Waals surface area contributed by atoms with Gasteiger partial charge in [-0.05, 0) is 62.9 Å². The predicted molar refractivity (Wildman–Crippen MR) is 111 cm³/mol. The molecule has 27 heavy (non-hydrogen) atoms. The van der Waals surface area contributed by atoms with E-state index in [-0.39, 0.29) is 6.61 Å². The summed E-state index contributed by atoms with van der Waals surface area (Å²) in [6.45, 7) is 6.90. The maximum atomic E-state index is 8.81. The van der Waals surface area contributed by atoms with Gasteiger partial charge in [0.2, 0.25) is 0 Å². The molecule has 0 radical (unpaired) electrons. The van der Waals surface area contributed by atoms with Gasteiger partial charge in [-0.1, -0.05) is 41.4 Å². The number of aliphatic hydroxyl groups is 1. The van der Waals surface area contributed by atoms with Gasteiger partial charge >= 0.3 is 0 Å². The van der Waals surface area contributed by atoms with Gasteiger partial charge < -0.3 is 19.9 Å². The first kappa shape index (κ1) is 21.5. The first-order chi connectivity index (χ1) is 13.1. The molecule has 0 fully saturated rings. The molecule has 0 aliphatic rings. The Kier molecular flexibility index (Phi) is 9.46. The number of rotatable bonds is 12.